The Hall–Kier alpha value is -0.790. The van der Waals surface area contributed by atoms with Crippen LogP contribution in [0.2, 0.25) is 0 Å². The first-order valence-corrected chi connectivity index (χ1v) is 15.2. The lowest BCUT2D eigenvalue weighted by molar-refractivity contribution is -0.235. The van der Waals surface area contributed by atoms with Gasteiger partial charge in [-0.2, -0.15) is 0 Å². The van der Waals surface area contributed by atoms with Crippen LogP contribution in [0, 0.1) is 63.1 Å². The fourth-order valence-electron chi connectivity index (χ4n) is 11.7. The maximum absolute atomic E-state index is 13.0. The average molecular weight is 482 g/mol. The van der Waals surface area contributed by atoms with E-state index in [-0.39, 0.29) is 17.2 Å². The van der Waals surface area contributed by atoms with Crippen LogP contribution in [0.15, 0.2) is 12.2 Å². The van der Waals surface area contributed by atoms with Crippen molar-refractivity contribution in [1.29, 1.82) is 0 Å². The third kappa shape index (κ3) is 3.49. The molecule has 0 spiro atoms. The molecule has 0 saturated heterocycles. The summed E-state index contributed by atoms with van der Waals surface area (Å²) in [6.07, 6.45) is 13.5. The summed E-state index contributed by atoms with van der Waals surface area (Å²) in [4.78, 5) is 13.0. The van der Waals surface area contributed by atoms with Crippen molar-refractivity contribution in [1.82, 2.24) is 5.32 Å². The van der Waals surface area contributed by atoms with Gasteiger partial charge in [0.1, 0.15) is 0 Å². The summed E-state index contributed by atoms with van der Waals surface area (Å²) in [5.74, 6) is 5.14. The first kappa shape index (κ1) is 25.8. The Morgan fingerprint density at radius 1 is 0.829 bits per heavy atom. The molecule has 5 aliphatic rings. The van der Waals surface area contributed by atoms with Gasteiger partial charge in [-0.25, -0.2) is 0 Å². The number of carbonyl (C=O) groups is 1. The zero-order valence-corrected chi connectivity index (χ0v) is 24.3. The maximum atomic E-state index is 13.0. The number of nitrogens with one attached hydrogen (secondary N) is 1. The molecular weight excluding hydrogens is 426 g/mol. The van der Waals surface area contributed by atoms with Crippen molar-refractivity contribution in [3.05, 3.63) is 12.2 Å². The van der Waals surface area contributed by atoms with Crippen molar-refractivity contribution in [2.24, 2.45) is 63.1 Å². The van der Waals surface area contributed by atoms with Gasteiger partial charge in [-0.15, -0.1) is 0 Å². The Morgan fingerprint density at radius 3 is 2.17 bits per heavy atom. The van der Waals surface area contributed by atoms with Crippen LogP contribution in [0.5, 0.6) is 0 Å². The first-order valence-electron chi connectivity index (χ1n) is 15.2. The van der Waals surface area contributed by atoms with Crippen LogP contribution in [-0.2, 0) is 4.79 Å². The average Bonchev–Trinajstić information content (AvgIpc) is 3.20. The van der Waals surface area contributed by atoms with E-state index in [1.165, 1.54) is 63.4 Å². The summed E-state index contributed by atoms with van der Waals surface area (Å²) in [6, 6.07) is 0.325. The Bertz CT molecular complexity index is 872. The maximum Gasteiger partial charge on any atom is 0.222 e. The molecule has 2 heteroatoms. The molecule has 35 heavy (non-hydrogen) atoms. The minimum Gasteiger partial charge on any atom is -0.353 e. The van der Waals surface area contributed by atoms with E-state index < -0.39 is 0 Å². The van der Waals surface area contributed by atoms with Gasteiger partial charge in [-0.1, -0.05) is 60.6 Å². The lowest BCUT2D eigenvalue weighted by Crippen LogP contribution is -2.69. The van der Waals surface area contributed by atoms with E-state index in [1.54, 1.807) is 0 Å². The van der Waals surface area contributed by atoms with Gasteiger partial charge in [-0.3, -0.25) is 4.79 Å². The highest BCUT2D eigenvalue weighted by Crippen LogP contribution is 2.76. The lowest BCUT2D eigenvalue weighted by atomic mass is 9.32. The van der Waals surface area contributed by atoms with Gasteiger partial charge in [0.2, 0.25) is 5.91 Å². The predicted molar refractivity (Wildman–Crippen MR) is 147 cm³/mol. The van der Waals surface area contributed by atoms with E-state index in [0.717, 1.165) is 30.1 Å². The van der Waals surface area contributed by atoms with Crippen LogP contribution < -0.4 is 5.32 Å². The summed E-state index contributed by atoms with van der Waals surface area (Å²) in [6.45, 7) is 24.0. The number of fused-ring (bicyclic) bond motifs is 7. The van der Waals surface area contributed by atoms with E-state index in [0.29, 0.717) is 34.1 Å². The largest absolute Gasteiger partial charge is 0.353 e. The van der Waals surface area contributed by atoms with Crippen molar-refractivity contribution < 1.29 is 4.79 Å². The fourth-order valence-corrected chi connectivity index (χ4v) is 11.7. The second-order valence-corrected chi connectivity index (χ2v) is 15.7. The second-order valence-electron chi connectivity index (χ2n) is 15.7. The molecule has 0 aliphatic heterocycles. The number of hydrogen-bond donors (Lipinski definition) is 1. The van der Waals surface area contributed by atoms with Gasteiger partial charge in [0.25, 0.3) is 0 Å². The van der Waals surface area contributed by atoms with Crippen LogP contribution in [0.3, 0.4) is 0 Å². The quantitative estimate of drug-likeness (QED) is 0.403. The molecule has 5 rings (SSSR count). The molecule has 5 aliphatic carbocycles. The highest BCUT2D eigenvalue weighted by atomic mass is 16.1. The van der Waals surface area contributed by atoms with Crippen molar-refractivity contribution in [2.45, 2.75) is 126 Å². The first-order chi connectivity index (χ1) is 16.3. The normalized spacial score (nSPS) is 50.5. The lowest BCUT2D eigenvalue weighted by Gasteiger charge is -2.73. The predicted octanol–water partition coefficient (Wildman–Crippen LogP) is 8.41. The van der Waals surface area contributed by atoms with Crippen LogP contribution in [0.25, 0.3) is 0 Å². The summed E-state index contributed by atoms with van der Waals surface area (Å²) in [5, 5.41) is 3.64. The third-order valence-corrected chi connectivity index (χ3v) is 13.7. The van der Waals surface area contributed by atoms with Crippen molar-refractivity contribution in [3.63, 3.8) is 0 Å². The van der Waals surface area contributed by atoms with Crippen LogP contribution in [0.4, 0.5) is 0 Å². The molecule has 0 aromatic carbocycles. The Morgan fingerprint density at radius 2 is 1.51 bits per heavy atom. The number of hydrogen-bond acceptors (Lipinski definition) is 1. The molecule has 0 bridgehead atoms. The molecule has 2 nitrogen and oxygen atoms in total. The molecule has 1 N–H and O–H groups in total. The van der Waals surface area contributed by atoms with Gasteiger partial charge in [0, 0.05) is 12.0 Å². The van der Waals surface area contributed by atoms with Gasteiger partial charge in [0.15, 0.2) is 0 Å². The highest BCUT2D eigenvalue weighted by Gasteiger charge is 2.70. The Labute approximate surface area is 216 Å². The molecule has 1 unspecified atom stereocenters. The molecule has 1 amide bonds. The Balaban J connectivity index is 1.54. The monoisotopic (exact) mass is 481 g/mol. The van der Waals surface area contributed by atoms with E-state index in [2.05, 4.69) is 67.3 Å². The topological polar surface area (TPSA) is 29.1 Å². The molecule has 0 aromatic heterocycles. The van der Waals surface area contributed by atoms with Crippen molar-refractivity contribution in [3.8, 4) is 0 Å². The molecular formula is C33H55NO. The summed E-state index contributed by atoms with van der Waals surface area (Å²) in [7, 11) is 0. The summed E-state index contributed by atoms with van der Waals surface area (Å²) >= 11 is 0. The molecule has 5 saturated carbocycles. The number of rotatable bonds is 3. The standard InChI is InChI=1S/C33H55NO/c1-20(2)23-11-10-22-14-18-31(7)24(28(22)23)12-13-26-32(31,8)19-15-25-30(5,6)17-16-27(33(25,26)9)34-29(35)21(3)4/h21-28H,1,10-19H2,2-9H3,(H,34,35)/t22-,23+,24-,25+,26+,27?,28-,31-,32-,33+/m1/s1. The molecule has 0 radical (unpaired) electrons. The zero-order chi connectivity index (χ0) is 25.6. The van der Waals surface area contributed by atoms with Gasteiger partial charge in [0.05, 0.1) is 0 Å². The number of carbonyl (C=O) groups excluding carboxylic acids is 1. The summed E-state index contributed by atoms with van der Waals surface area (Å²) < 4.78 is 0. The third-order valence-electron chi connectivity index (χ3n) is 13.7. The molecule has 198 valence electrons. The van der Waals surface area contributed by atoms with Crippen molar-refractivity contribution >= 4 is 5.91 Å². The van der Waals surface area contributed by atoms with Gasteiger partial charge >= 0.3 is 0 Å². The van der Waals surface area contributed by atoms with Crippen molar-refractivity contribution in [2.75, 3.05) is 0 Å². The van der Waals surface area contributed by atoms with Crippen LogP contribution in [-0.4, -0.2) is 11.9 Å². The zero-order valence-electron chi connectivity index (χ0n) is 24.3. The molecule has 10 atom stereocenters. The van der Waals surface area contributed by atoms with E-state index >= 15 is 0 Å². The minimum atomic E-state index is 0.0620. The van der Waals surface area contributed by atoms with E-state index in [9.17, 15) is 4.79 Å². The minimum absolute atomic E-state index is 0.0620. The molecule has 0 aromatic rings. The van der Waals surface area contributed by atoms with Gasteiger partial charge < -0.3 is 5.32 Å². The van der Waals surface area contributed by atoms with Crippen LogP contribution in [0.1, 0.15) is 120 Å². The molecule has 5 fully saturated rings. The summed E-state index contributed by atoms with van der Waals surface area (Å²) in [5.41, 5.74) is 2.78. The number of allylic oxidation sites excluding steroid dienone is 1. The van der Waals surface area contributed by atoms with Gasteiger partial charge in [-0.05, 0) is 128 Å². The van der Waals surface area contributed by atoms with E-state index in [4.69, 9.17) is 0 Å². The fraction of sp³-hybridized carbons (Fsp3) is 0.909. The highest BCUT2D eigenvalue weighted by molar-refractivity contribution is 5.78. The molecule has 0 heterocycles. The Kier molecular flexibility index (Phi) is 6.17. The SMILES string of the molecule is C=C(C)[C@@H]1CC[C@@H]2CC[C@]3(C)[C@H](CC[C@@H]4[C@@]5(C)C(NC(=O)C(C)C)CCC(C)(C)[C@@H]5CC[C@]43C)[C@H]21. The van der Waals surface area contributed by atoms with E-state index in [1.807, 2.05) is 0 Å². The smallest absolute Gasteiger partial charge is 0.222 e. The van der Waals surface area contributed by atoms with Crippen LogP contribution >= 0.6 is 0 Å². The number of amides is 1. The second kappa shape index (κ2) is 8.36.